The Labute approximate surface area is 194 Å². The molecule has 0 aliphatic heterocycles. The minimum Gasteiger partial charge on any atom is -0.446 e. The molecule has 2 aliphatic rings. The van der Waals surface area contributed by atoms with E-state index in [1.165, 1.54) is 19.3 Å². The highest BCUT2D eigenvalue weighted by Crippen LogP contribution is 2.33. The second-order valence-electron chi connectivity index (χ2n) is 9.41. The van der Waals surface area contributed by atoms with E-state index in [4.69, 9.17) is 9.26 Å². The van der Waals surface area contributed by atoms with Crippen LogP contribution in [0.25, 0.3) is 11.5 Å². The van der Waals surface area contributed by atoms with Crippen LogP contribution in [-0.4, -0.2) is 28.2 Å². The molecule has 0 bridgehead atoms. The number of amides is 2. The van der Waals surface area contributed by atoms with Crippen molar-refractivity contribution in [1.29, 1.82) is 0 Å². The molecule has 2 aromatic rings. The fraction of sp³-hybridized carbons (Fsp3) is 0.600. The molecular weight excluding hydrogens is 420 g/mol. The second kappa shape index (κ2) is 10.4. The maximum absolute atomic E-state index is 12.6. The molecule has 8 nitrogen and oxygen atoms in total. The highest BCUT2D eigenvalue weighted by atomic mass is 16.6. The van der Waals surface area contributed by atoms with Gasteiger partial charge in [0, 0.05) is 5.92 Å². The van der Waals surface area contributed by atoms with Crippen molar-refractivity contribution in [3.05, 3.63) is 23.5 Å². The van der Waals surface area contributed by atoms with Crippen molar-refractivity contribution in [2.24, 2.45) is 11.8 Å². The summed E-state index contributed by atoms with van der Waals surface area (Å²) in [5, 5.41) is 9.82. The third-order valence-electron chi connectivity index (χ3n) is 7.00. The zero-order chi connectivity index (χ0) is 23.4. The van der Waals surface area contributed by atoms with Crippen molar-refractivity contribution in [3.63, 3.8) is 0 Å². The molecule has 2 aliphatic carbocycles. The third kappa shape index (κ3) is 5.54. The standard InChI is InChI=1S/C25H34N4O4/c1-15-20(27-24(30)19-11-5-4-6-12-19)13-14-21(26-15)23-22(16(2)29-33-23)28-25(31)32-17(3)18-9-7-8-10-18/h13-14,17-19H,4-12H2,1-3H3,(H,27,30)(H,28,31)/t17-/m0/s1. The summed E-state index contributed by atoms with van der Waals surface area (Å²) >= 11 is 0. The van der Waals surface area contributed by atoms with E-state index < -0.39 is 6.09 Å². The Morgan fingerprint density at radius 2 is 1.70 bits per heavy atom. The molecular formula is C25H34N4O4. The van der Waals surface area contributed by atoms with Gasteiger partial charge in [-0.1, -0.05) is 37.3 Å². The van der Waals surface area contributed by atoms with Crippen LogP contribution in [-0.2, 0) is 9.53 Å². The number of anilines is 2. The number of nitrogens with zero attached hydrogens (tertiary/aromatic N) is 2. The topological polar surface area (TPSA) is 106 Å². The van der Waals surface area contributed by atoms with E-state index >= 15 is 0 Å². The van der Waals surface area contributed by atoms with E-state index in [9.17, 15) is 9.59 Å². The number of carbonyl (C=O) groups excluding carboxylic acids is 2. The Kier molecular flexibility index (Phi) is 7.30. The summed E-state index contributed by atoms with van der Waals surface area (Å²) in [7, 11) is 0. The number of hydrogen-bond acceptors (Lipinski definition) is 6. The number of hydrogen-bond donors (Lipinski definition) is 2. The smallest absolute Gasteiger partial charge is 0.412 e. The van der Waals surface area contributed by atoms with Crippen molar-refractivity contribution in [3.8, 4) is 11.5 Å². The molecule has 2 saturated carbocycles. The molecule has 8 heteroatoms. The molecule has 178 valence electrons. The van der Waals surface area contributed by atoms with Gasteiger partial charge in [-0.2, -0.15) is 0 Å². The van der Waals surface area contributed by atoms with E-state index in [1.54, 1.807) is 13.0 Å². The van der Waals surface area contributed by atoms with Crippen molar-refractivity contribution < 1.29 is 18.8 Å². The predicted octanol–water partition coefficient (Wildman–Crippen LogP) is 6.00. The zero-order valence-electron chi connectivity index (χ0n) is 19.8. The lowest BCUT2D eigenvalue weighted by atomic mass is 9.88. The Hall–Kier alpha value is -2.90. The summed E-state index contributed by atoms with van der Waals surface area (Å²) in [6, 6.07) is 3.58. The van der Waals surface area contributed by atoms with E-state index in [0.29, 0.717) is 40.1 Å². The molecule has 33 heavy (non-hydrogen) atoms. The minimum absolute atomic E-state index is 0.0596. The maximum atomic E-state index is 12.6. The summed E-state index contributed by atoms with van der Waals surface area (Å²) in [4.78, 5) is 29.7. The highest BCUT2D eigenvalue weighted by molar-refractivity contribution is 5.94. The van der Waals surface area contributed by atoms with Gasteiger partial charge in [0.15, 0.2) is 0 Å². The van der Waals surface area contributed by atoms with Crippen LogP contribution in [0.4, 0.5) is 16.2 Å². The van der Waals surface area contributed by atoms with Gasteiger partial charge in [-0.05, 0) is 64.5 Å². The monoisotopic (exact) mass is 454 g/mol. The second-order valence-corrected chi connectivity index (χ2v) is 9.41. The van der Waals surface area contributed by atoms with E-state index in [0.717, 1.165) is 38.5 Å². The van der Waals surface area contributed by atoms with Crippen molar-refractivity contribution >= 4 is 23.4 Å². The highest BCUT2D eigenvalue weighted by Gasteiger charge is 2.26. The predicted molar refractivity (Wildman–Crippen MR) is 126 cm³/mol. The largest absolute Gasteiger partial charge is 0.446 e. The van der Waals surface area contributed by atoms with Crippen molar-refractivity contribution in [1.82, 2.24) is 10.1 Å². The Morgan fingerprint density at radius 3 is 2.39 bits per heavy atom. The number of ether oxygens (including phenoxy) is 1. The SMILES string of the molecule is Cc1nc(-c2onc(C)c2NC(=O)O[C@@H](C)C2CCCC2)ccc1NC(=O)C1CCCCC1. The van der Waals surface area contributed by atoms with Crippen LogP contribution in [0, 0.1) is 25.7 Å². The Balaban J connectivity index is 1.44. The Bertz CT molecular complexity index is 990. The average Bonchev–Trinajstić information content (AvgIpc) is 3.47. The fourth-order valence-electron chi connectivity index (χ4n) is 4.93. The summed E-state index contributed by atoms with van der Waals surface area (Å²) in [5.74, 6) is 0.915. The van der Waals surface area contributed by atoms with Crippen molar-refractivity contribution in [2.45, 2.75) is 84.7 Å². The molecule has 0 radical (unpaired) electrons. The van der Waals surface area contributed by atoms with Gasteiger partial charge in [-0.3, -0.25) is 10.1 Å². The quantitative estimate of drug-likeness (QED) is 0.554. The summed E-state index contributed by atoms with van der Waals surface area (Å²) in [6.45, 7) is 5.55. The fourth-order valence-corrected chi connectivity index (χ4v) is 4.93. The molecule has 2 heterocycles. The summed E-state index contributed by atoms with van der Waals surface area (Å²) in [6.07, 6.45) is 9.23. The van der Waals surface area contributed by atoms with Crippen LogP contribution in [0.15, 0.2) is 16.7 Å². The van der Waals surface area contributed by atoms with Crippen LogP contribution in [0.2, 0.25) is 0 Å². The normalized spacial score (nSPS) is 18.2. The zero-order valence-corrected chi connectivity index (χ0v) is 19.8. The average molecular weight is 455 g/mol. The number of nitrogens with one attached hydrogen (secondary N) is 2. The maximum Gasteiger partial charge on any atom is 0.412 e. The van der Waals surface area contributed by atoms with Crippen molar-refractivity contribution in [2.75, 3.05) is 10.6 Å². The molecule has 0 saturated heterocycles. The van der Waals surface area contributed by atoms with Crippen LogP contribution in [0.5, 0.6) is 0 Å². The molecule has 2 aromatic heterocycles. The summed E-state index contributed by atoms with van der Waals surface area (Å²) in [5.41, 5.74) is 2.89. The number of pyridine rings is 1. The van der Waals surface area contributed by atoms with Gasteiger partial charge < -0.3 is 14.6 Å². The Morgan fingerprint density at radius 1 is 1.00 bits per heavy atom. The lowest BCUT2D eigenvalue weighted by Crippen LogP contribution is -2.25. The van der Waals surface area contributed by atoms with Gasteiger partial charge in [-0.25, -0.2) is 9.78 Å². The first-order valence-corrected chi connectivity index (χ1v) is 12.1. The third-order valence-corrected chi connectivity index (χ3v) is 7.00. The van der Waals surface area contributed by atoms with Gasteiger partial charge >= 0.3 is 6.09 Å². The van der Waals surface area contributed by atoms with Gasteiger partial charge in [0.25, 0.3) is 0 Å². The molecule has 1 atom stereocenters. The molecule has 2 fully saturated rings. The first-order valence-electron chi connectivity index (χ1n) is 12.1. The van der Waals surface area contributed by atoms with Crippen LogP contribution < -0.4 is 10.6 Å². The molecule has 4 rings (SSSR count). The first kappa shape index (κ1) is 23.3. The van der Waals surface area contributed by atoms with Gasteiger partial charge in [-0.15, -0.1) is 0 Å². The molecule has 2 N–H and O–H groups in total. The molecule has 0 spiro atoms. The number of aryl methyl sites for hydroxylation is 2. The lowest BCUT2D eigenvalue weighted by Gasteiger charge is -2.21. The van der Waals surface area contributed by atoms with Crippen LogP contribution >= 0.6 is 0 Å². The van der Waals surface area contributed by atoms with E-state index in [2.05, 4.69) is 20.8 Å². The van der Waals surface area contributed by atoms with E-state index in [-0.39, 0.29) is 17.9 Å². The number of rotatable bonds is 6. The van der Waals surface area contributed by atoms with E-state index in [1.807, 2.05) is 19.9 Å². The van der Waals surface area contributed by atoms with Gasteiger partial charge in [0.1, 0.15) is 23.2 Å². The van der Waals surface area contributed by atoms with Crippen LogP contribution in [0.3, 0.4) is 0 Å². The van der Waals surface area contributed by atoms with Gasteiger partial charge in [0.05, 0.1) is 11.4 Å². The molecule has 0 aromatic carbocycles. The summed E-state index contributed by atoms with van der Waals surface area (Å²) < 4.78 is 11.1. The van der Waals surface area contributed by atoms with Crippen LogP contribution in [0.1, 0.15) is 76.1 Å². The molecule has 2 amide bonds. The molecule has 0 unspecified atom stereocenters. The number of carbonyl (C=O) groups is 2. The lowest BCUT2D eigenvalue weighted by molar-refractivity contribution is -0.120. The van der Waals surface area contributed by atoms with Gasteiger partial charge in [0.2, 0.25) is 11.7 Å². The first-order chi connectivity index (χ1) is 15.9. The minimum atomic E-state index is -0.518. The number of aromatic nitrogens is 2.